The predicted octanol–water partition coefficient (Wildman–Crippen LogP) is 3.37. The second-order valence-corrected chi connectivity index (χ2v) is 6.57. The summed E-state index contributed by atoms with van der Waals surface area (Å²) < 4.78 is 5.25. The van der Waals surface area contributed by atoms with E-state index >= 15 is 0 Å². The van der Waals surface area contributed by atoms with Crippen LogP contribution >= 0.6 is 0 Å². The topological polar surface area (TPSA) is 50.4 Å². The van der Waals surface area contributed by atoms with Crippen LogP contribution in [0.25, 0.3) is 0 Å². The van der Waals surface area contributed by atoms with E-state index in [2.05, 4.69) is 10.6 Å². The minimum Gasteiger partial charge on any atom is -0.445 e. The van der Waals surface area contributed by atoms with E-state index in [1.54, 1.807) is 0 Å². The number of carbonyl (C=O) groups is 1. The molecule has 2 fully saturated rings. The number of rotatable bonds is 5. The van der Waals surface area contributed by atoms with Gasteiger partial charge in [-0.25, -0.2) is 4.79 Å². The van der Waals surface area contributed by atoms with Crippen LogP contribution in [0.5, 0.6) is 0 Å². The van der Waals surface area contributed by atoms with E-state index < -0.39 is 0 Å². The lowest BCUT2D eigenvalue weighted by atomic mass is 9.85. The first-order valence-corrected chi connectivity index (χ1v) is 8.53. The highest BCUT2D eigenvalue weighted by molar-refractivity contribution is 5.67. The van der Waals surface area contributed by atoms with Crippen LogP contribution < -0.4 is 10.6 Å². The van der Waals surface area contributed by atoms with Gasteiger partial charge in [-0.3, -0.25) is 0 Å². The minimum atomic E-state index is -0.301. The summed E-state index contributed by atoms with van der Waals surface area (Å²) >= 11 is 0. The zero-order valence-corrected chi connectivity index (χ0v) is 13.1. The van der Waals surface area contributed by atoms with Crippen LogP contribution in [0.4, 0.5) is 4.79 Å². The summed E-state index contributed by atoms with van der Waals surface area (Å²) in [5.41, 5.74) is 1.02. The van der Waals surface area contributed by atoms with Gasteiger partial charge in [0.25, 0.3) is 0 Å². The van der Waals surface area contributed by atoms with Crippen LogP contribution in [-0.2, 0) is 11.3 Å². The van der Waals surface area contributed by atoms with E-state index in [9.17, 15) is 4.79 Å². The fourth-order valence-electron chi connectivity index (χ4n) is 3.41. The number of nitrogens with one attached hydrogen (secondary N) is 2. The zero-order chi connectivity index (χ0) is 15.2. The Kier molecular flexibility index (Phi) is 5.33. The maximum atomic E-state index is 11.8. The maximum Gasteiger partial charge on any atom is 0.407 e. The quantitative estimate of drug-likeness (QED) is 0.877. The van der Waals surface area contributed by atoms with E-state index in [-0.39, 0.29) is 12.1 Å². The van der Waals surface area contributed by atoms with Gasteiger partial charge < -0.3 is 15.4 Å². The molecule has 2 N–H and O–H groups in total. The van der Waals surface area contributed by atoms with Crippen molar-refractivity contribution in [3.05, 3.63) is 35.9 Å². The smallest absolute Gasteiger partial charge is 0.407 e. The fraction of sp³-hybridized carbons (Fsp3) is 0.611. The number of amides is 1. The van der Waals surface area contributed by atoms with E-state index in [1.165, 1.54) is 32.1 Å². The molecule has 0 spiro atoms. The molecule has 0 atom stereocenters. The summed E-state index contributed by atoms with van der Waals surface area (Å²) in [6.07, 6.45) is 8.48. The molecule has 0 unspecified atom stereocenters. The number of ether oxygens (including phenoxy) is 1. The Bertz CT molecular complexity index is 465. The predicted molar refractivity (Wildman–Crippen MR) is 86.6 cm³/mol. The molecule has 1 amide bonds. The average Bonchev–Trinajstić information content (AvgIpc) is 2.53. The third kappa shape index (κ3) is 4.47. The first-order valence-electron chi connectivity index (χ1n) is 8.53. The van der Waals surface area contributed by atoms with Crippen LogP contribution in [0.2, 0.25) is 0 Å². The molecule has 4 nitrogen and oxygen atoms in total. The lowest BCUT2D eigenvalue weighted by molar-refractivity contribution is 0.123. The van der Waals surface area contributed by atoms with Gasteiger partial charge >= 0.3 is 6.09 Å². The van der Waals surface area contributed by atoms with Crippen molar-refractivity contribution < 1.29 is 9.53 Å². The van der Waals surface area contributed by atoms with Crippen molar-refractivity contribution in [1.82, 2.24) is 10.6 Å². The first kappa shape index (κ1) is 15.3. The molecule has 0 radical (unpaired) electrons. The molecule has 0 saturated heterocycles. The Morgan fingerprint density at radius 2 is 1.73 bits per heavy atom. The molecule has 0 aliphatic heterocycles. The second-order valence-electron chi connectivity index (χ2n) is 6.57. The van der Waals surface area contributed by atoms with Crippen molar-refractivity contribution in [2.45, 2.75) is 69.7 Å². The largest absolute Gasteiger partial charge is 0.445 e. The number of hydrogen-bond donors (Lipinski definition) is 2. The summed E-state index contributed by atoms with van der Waals surface area (Å²) in [5.74, 6) is 0. The molecule has 0 aromatic heterocycles. The highest BCUT2D eigenvalue weighted by Gasteiger charge is 2.32. The maximum absolute atomic E-state index is 11.8. The third-order valence-electron chi connectivity index (χ3n) is 4.75. The molecule has 120 valence electrons. The van der Waals surface area contributed by atoms with Crippen LogP contribution in [0.3, 0.4) is 0 Å². The standard InChI is InChI=1S/C18H26N2O2/c21-18(22-13-14-7-3-1-4-8-14)20-17-11-16(12-17)19-15-9-5-2-6-10-15/h1,3-4,7-8,15-17,19H,2,5-6,9-13H2,(H,20,21). The Labute approximate surface area is 132 Å². The zero-order valence-electron chi connectivity index (χ0n) is 13.1. The average molecular weight is 302 g/mol. The van der Waals surface area contributed by atoms with Gasteiger partial charge in [0.05, 0.1) is 0 Å². The summed E-state index contributed by atoms with van der Waals surface area (Å²) in [7, 11) is 0. The highest BCUT2D eigenvalue weighted by Crippen LogP contribution is 2.24. The van der Waals surface area contributed by atoms with Gasteiger partial charge in [0, 0.05) is 18.1 Å². The summed E-state index contributed by atoms with van der Waals surface area (Å²) in [6.45, 7) is 0.336. The molecule has 0 bridgehead atoms. The van der Waals surface area contributed by atoms with E-state index in [0.29, 0.717) is 18.7 Å². The molecule has 3 rings (SSSR count). The van der Waals surface area contributed by atoms with Crippen LogP contribution in [-0.4, -0.2) is 24.2 Å². The first-order chi connectivity index (χ1) is 10.8. The Balaban J connectivity index is 1.29. The SMILES string of the molecule is O=C(NC1CC(NC2CCCCC2)C1)OCc1ccccc1. The second kappa shape index (κ2) is 7.63. The van der Waals surface area contributed by atoms with Gasteiger partial charge in [0.1, 0.15) is 6.61 Å². The lowest BCUT2D eigenvalue weighted by Gasteiger charge is -2.39. The molecule has 0 heterocycles. The van der Waals surface area contributed by atoms with Crippen molar-refractivity contribution >= 4 is 6.09 Å². The summed E-state index contributed by atoms with van der Waals surface area (Å²) in [6, 6.07) is 11.3. The van der Waals surface area contributed by atoms with Gasteiger partial charge in [0.2, 0.25) is 0 Å². The van der Waals surface area contributed by atoms with E-state index in [4.69, 9.17) is 4.74 Å². The van der Waals surface area contributed by atoms with Crippen molar-refractivity contribution in [3.63, 3.8) is 0 Å². The van der Waals surface area contributed by atoms with Gasteiger partial charge in [-0.05, 0) is 31.2 Å². The lowest BCUT2D eigenvalue weighted by Crippen LogP contribution is -2.54. The monoisotopic (exact) mass is 302 g/mol. The van der Waals surface area contributed by atoms with Crippen molar-refractivity contribution in [1.29, 1.82) is 0 Å². The molecular weight excluding hydrogens is 276 g/mol. The van der Waals surface area contributed by atoms with Crippen molar-refractivity contribution in [2.24, 2.45) is 0 Å². The molecule has 4 heteroatoms. The van der Waals surface area contributed by atoms with Crippen molar-refractivity contribution in [2.75, 3.05) is 0 Å². The molecule has 22 heavy (non-hydrogen) atoms. The van der Waals surface area contributed by atoms with Crippen LogP contribution in [0.15, 0.2) is 30.3 Å². The number of benzene rings is 1. The number of carbonyl (C=O) groups excluding carboxylic acids is 1. The molecule has 1 aromatic rings. The van der Waals surface area contributed by atoms with Crippen molar-refractivity contribution in [3.8, 4) is 0 Å². The Morgan fingerprint density at radius 3 is 2.45 bits per heavy atom. The third-order valence-corrected chi connectivity index (χ3v) is 4.75. The van der Waals surface area contributed by atoms with Gasteiger partial charge in [-0.1, -0.05) is 49.6 Å². The summed E-state index contributed by atoms with van der Waals surface area (Å²) in [4.78, 5) is 11.8. The highest BCUT2D eigenvalue weighted by atomic mass is 16.5. The van der Waals surface area contributed by atoms with Gasteiger partial charge in [-0.2, -0.15) is 0 Å². The minimum absolute atomic E-state index is 0.268. The normalized spacial score (nSPS) is 25.3. The molecular formula is C18H26N2O2. The van der Waals surface area contributed by atoms with Crippen LogP contribution in [0.1, 0.15) is 50.5 Å². The Hall–Kier alpha value is -1.55. The fourth-order valence-corrected chi connectivity index (χ4v) is 3.41. The number of alkyl carbamates (subject to hydrolysis) is 1. The van der Waals surface area contributed by atoms with Gasteiger partial charge in [-0.15, -0.1) is 0 Å². The molecule has 2 aliphatic rings. The molecule has 2 aliphatic carbocycles. The van der Waals surface area contributed by atoms with E-state index in [0.717, 1.165) is 18.4 Å². The molecule has 1 aromatic carbocycles. The number of hydrogen-bond acceptors (Lipinski definition) is 3. The molecule has 2 saturated carbocycles. The summed E-state index contributed by atoms with van der Waals surface area (Å²) in [5, 5.41) is 6.68. The Morgan fingerprint density at radius 1 is 1.00 bits per heavy atom. The van der Waals surface area contributed by atoms with E-state index in [1.807, 2.05) is 30.3 Å². The van der Waals surface area contributed by atoms with Gasteiger partial charge in [0.15, 0.2) is 0 Å². The van der Waals surface area contributed by atoms with Crippen LogP contribution in [0, 0.1) is 0 Å².